The summed E-state index contributed by atoms with van der Waals surface area (Å²) in [5, 5.41) is 5.73. The van der Waals surface area contributed by atoms with E-state index in [4.69, 9.17) is 0 Å². The first-order chi connectivity index (χ1) is 8.78. The molecule has 1 unspecified atom stereocenters. The number of benzene rings is 1. The first-order valence-corrected chi connectivity index (χ1v) is 7.95. The molecule has 0 saturated heterocycles. The van der Waals surface area contributed by atoms with Gasteiger partial charge in [0.05, 0.1) is 0 Å². The molecule has 2 aromatic rings. The van der Waals surface area contributed by atoms with Crippen LogP contribution in [0.25, 0.3) is 0 Å². The van der Waals surface area contributed by atoms with Gasteiger partial charge in [0.15, 0.2) is 0 Å². The maximum Gasteiger partial charge on any atom is 0.0175 e. The Morgan fingerprint density at radius 3 is 2.56 bits per heavy atom. The fourth-order valence-corrected chi connectivity index (χ4v) is 3.13. The zero-order chi connectivity index (χ0) is 12.8. The molecule has 2 rings (SSSR count). The lowest BCUT2D eigenvalue weighted by Crippen LogP contribution is -2.32. The zero-order valence-electron chi connectivity index (χ0n) is 10.5. The molecule has 1 heterocycles. The normalized spacial score (nSPS) is 12.6. The van der Waals surface area contributed by atoms with Crippen molar-refractivity contribution in [2.45, 2.75) is 25.8 Å². The van der Waals surface area contributed by atoms with E-state index in [1.54, 1.807) is 0 Å². The van der Waals surface area contributed by atoms with Crippen LogP contribution in [0.4, 0.5) is 0 Å². The highest BCUT2D eigenvalue weighted by atomic mass is 79.9. The fourth-order valence-electron chi connectivity index (χ4n) is 2.08. The van der Waals surface area contributed by atoms with E-state index in [0.717, 1.165) is 23.9 Å². The van der Waals surface area contributed by atoms with Gasteiger partial charge in [-0.3, -0.25) is 0 Å². The van der Waals surface area contributed by atoms with Crippen LogP contribution in [0.2, 0.25) is 0 Å². The summed E-state index contributed by atoms with van der Waals surface area (Å²) in [5.74, 6) is 0. The Morgan fingerprint density at radius 2 is 1.94 bits per heavy atom. The number of likely N-dealkylation sites (N-methyl/N-ethyl adjacent to an activating group) is 1. The molecule has 96 valence electrons. The summed E-state index contributed by atoms with van der Waals surface area (Å²) >= 11 is 5.32. The van der Waals surface area contributed by atoms with Crippen molar-refractivity contribution in [1.82, 2.24) is 5.32 Å². The van der Waals surface area contributed by atoms with Gasteiger partial charge in [0, 0.05) is 15.4 Å². The molecular formula is C15H18BrNS. The van der Waals surface area contributed by atoms with Gasteiger partial charge in [0.1, 0.15) is 0 Å². The van der Waals surface area contributed by atoms with E-state index in [2.05, 4.69) is 69.9 Å². The van der Waals surface area contributed by atoms with Crippen LogP contribution in [0, 0.1) is 0 Å². The average molecular weight is 324 g/mol. The Morgan fingerprint density at radius 1 is 1.17 bits per heavy atom. The van der Waals surface area contributed by atoms with Crippen LogP contribution in [0.3, 0.4) is 0 Å². The van der Waals surface area contributed by atoms with Gasteiger partial charge in [-0.1, -0.05) is 41.1 Å². The van der Waals surface area contributed by atoms with Gasteiger partial charge in [-0.05, 0) is 48.5 Å². The molecule has 1 aromatic carbocycles. The third-order valence-electron chi connectivity index (χ3n) is 2.92. The second-order valence-corrected chi connectivity index (χ2v) is 6.32. The van der Waals surface area contributed by atoms with Crippen molar-refractivity contribution in [3.8, 4) is 0 Å². The van der Waals surface area contributed by atoms with E-state index in [0.29, 0.717) is 6.04 Å². The average Bonchev–Trinajstić information content (AvgIpc) is 2.85. The smallest absolute Gasteiger partial charge is 0.0175 e. The lowest BCUT2D eigenvalue weighted by atomic mass is 10.0. The molecule has 0 fully saturated rings. The van der Waals surface area contributed by atoms with Crippen LogP contribution in [-0.4, -0.2) is 12.6 Å². The van der Waals surface area contributed by atoms with Crippen LogP contribution >= 0.6 is 27.3 Å². The van der Waals surface area contributed by atoms with Crippen molar-refractivity contribution in [1.29, 1.82) is 0 Å². The second-order valence-electron chi connectivity index (χ2n) is 4.37. The predicted octanol–water partition coefficient (Wildman–Crippen LogP) is 4.27. The van der Waals surface area contributed by atoms with E-state index in [9.17, 15) is 0 Å². The maximum atomic E-state index is 3.58. The predicted molar refractivity (Wildman–Crippen MR) is 83.3 cm³/mol. The van der Waals surface area contributed by atoms with Gasteiger partial charge in [0.2, 0.25) is 0 Å². The molecule has 1 atom stereocenters. The Balaban J connectivity index is 1.99. The molecule has 1 N–H and O–H groups in total. The quantitative estimate of drug-likeness (QED) is 0.836. The molecule has 0 aliphatic heterocycles. The highest BCUT2D eigenvalue weighted by Crippen LogP contribution is 2.16. The molecule has 1 aromatic heterocycles. The topological polar surface area (TPSA) is 12.0 Å². The largest absolute Gasteiger partial charge is 0.314 e. The van der Waals surface area contributed by atoms with Crippen molar-refractivity contribution in [2.75, 3.05) is 6.54 Å². The minimum absolute atomic E-state index is 0.523. The molecule has 0 amide bonds. The highest BCUT2D eigenvalue weighted by Gasteiger charge is 2.10. The Bertz CT molecular complexity index is 450. The first-order valence-electron chi connectivity index (χ1n) is 6.28. The van der Waals surface area contributed by atoms with Crippen LogP contribution in [-0.2, 0) is 12.8 Å². The van der Waals surface area contributed by atoms with Crippen molar-refractivity contribution in [2.24, 2.45) is 0 Å². The third-order valence-corrected chi connectivity index (χ3v) is 4.34. The molecule has 1 nitrogen and oxygen atoms in total. The molecule has 18 heavy (non-hydrogen) atoms. The molecule has 0 radical (unpaired) electrons. The van der Waals surface area contributed by atoms with Gasteiger partial charge in [-0.25, -0.2) is 0 Å². The molecule has 0 spiro atoms. The van der Waals surface area contributed by atoms with Crippen molar-refractivity contribution < 1.29 is 0 Å². The monoisotopic (exact) mass is 323 g/mol. The fraction of sp³-hybridized carbons (Fsp3) is 0.333. The Labute approximate surface area is 121 Å². The van der Waals surface area contributed by atoms with Crippen molar-refractivity contribution in [3.05, 3.63) is 56.7 Å². The number of nitrogens with one attached hydrogen (secondary N) is 1. The second kappa shape index (κ2) is 7.07. The molecule has 0 bridgehead atoms. The Kier molecular flexibility index (Phi) is 5.42. The van der Waals surface area contributed by atoms with E-state index < -0.39 is 0 Å². The summed E-state index contributed by atoms with van der Waals surface area (Å²) < 4.78 is 1.14. The number of halogens is 1. The summed E-state index contributed by atoms with van der Waals surface area (Å²) in [6.07, 6.45) is 2.20. The molecule has 0 aliphatic rings. The van der Waals surface area contributed by atoms with Gasteiger partial charge in [-0.2, -0.15) is 0 Å². The molecular weight excluding hydrogens is 306 g/mol. The van der Waals surface area contributed by atoms with Crippen molar-refractivity contribution >= 4 is 27.3 Å². The molecule has 0 aliphatic carbocycles. The van der Waals surface area contributed by atoms with E-state index in [1.165, 1.54) is 10.4 Å². The van der Waals surface area contributed by atoms with Gasteiger partial charge < -0.3 is 5.32 Å². The Hall–Kier alpha value is -0.640. The first kappa shape index (κ1) is 13.8. The van der Waals surface area contributed by atoms with E-state index >= 15 is 0 Å². The summed E-state index contributed by atoms with van der Waals surface area (Å²) in [6.45, 7) is 3.19. The van der Waals surface area contributed by atoms with Crippen LogP contribution in [0.15, 0.2) is 46.3 Å². The van der Waals surface area contributed by atoms with Gasteiger partial charge >= 0.3 is 0 Å². The number of rotatable bonds is 6. The summed E-state index contributed by atoms with van der Waals surface area (Å²) in [4.78, 5) is 1.46. The SMILES string of the molecule is CCNC(Cc1ccc(Br)cc1)Cc1cccs1. The standard InChI is InChI=1S/C15H18BrNS/c1-2-17-14(11-15-4-3-9-18-15)10-12-5-7-13(16)8-6-12/h3-9,14,17H,2,10-11H2,1H3. The number of hydrogen-bond donors (Lipinski definition) is 1. The summed E-state index contributed by atoms with van der Waals surface area (Å²) in [7, 11) is 0. The van der Waals surface area contributed by atoms with Gasteiger partial charge in [-0.15, -0.1) is 11.3 Å². The minimum atomic E-state index is 0.523. The maximum absolute atomic E-state index is 3.58. The lowest BCUT2D eigenvalue weighted by Gasteiger charge is -2.17. The van der Waals surface area contributed by atoms with Crippen LogP contribution in [0.5, 0.6) is 0 Å². The van der Waals surface area contributed by atoms with Crippen LogP contribution in [0.1, 0.15) is 17.4 Å². The number of thiophene rings is 1. The molecule has 3 heteroatoms. The zero-order valence-corrected chi connectivity index (χ0v) is 12.9. The van der Waals surface area contributed by atoms with Gasteiger partial charge in [0.25, 0.3) is 0 Å². The van der Waals surface area contributed by atoms with E-state index in [-0.39, 0.29) is 0 Å². The lowest BCUT2D eigenvalue weighted by molar-refractivity contribution is 0.524. The number of hydrogen-bond acceptors (Lipinski definition) is 2. The summed E-state index contributed by atoms with van der Waals surface area (Å²) in [6, 6.07) is 13.5. The van der Waals surface area contributed by atoms with Crippen molar-refractivity contribution in [3.63, 3.8) is 0 Å². The molecule has 0 saturated carbocycles. The van der Waals surface area contributed by atoms with E-state index in [1.807, 2.05) is 11.3 Å². The highest BCUT2D eigenvalue weighted by molar-refractivity contribution is 9.10. The van der Waals surface area contributed by atoms with Crippen LogP contribution < -0.4 is 5.32 Å². The summed E-state index contributed by atoms with van der Waals surface area (Å²) in [5.41, 5.74) is 1.39. The minimum Gasteiger partial charge on any atom is -0.314 e. The third kappa shape index (κ3) is 4.23.